The lowest BCUT2D eigenvalue weighted by molar-refractivity contribution is -0.137. The van der Waals surface area contributed by atoms with Crippen molar-refractivity contribution in [3.05, 3.63) is 29.8 Å². The van der Waals surface area contributed by atoms with Crippen LogP contribution in [-0.4, -0.2) is 5.91 Å². The highest BCUT2D eigenvalue weighted by Gasteiger charge is 2.29. The van der Waals surface area contributed by atoms with Gasteiger partial charge in [-0.2, -0.15) is 13.2 Å². The van der Waals surface area contributed by atoms with Crippen LogP contribution in [0.25, 0.3) is 0 Å². The molecule has 0 aliphatic heterocycles. The van der Waals surface area contributed by atoms with E-state index in [9.17, 15) is 18.0 Å². The smallest absolute Gasteiger partial charge is 0.299 e. The van der Waals surface area contributed by atoms with Gasteiger partial charge in [-0.05, 0) is 24.3 Å². The number of benzene rings is 1. The summed E-state index contributed by atoms with van der Waals surface area (Å²) in [6.07, 6.45) is -4.04. The first-order valence-corrected chi connectivity index (χ1v) is 4.65. The molecule has 0 aromatic heterocycles. The van der Waals surface area contributed by atoms with Crippen LogP contribution in [0.4, 0.5) is 18.9 Å². The summed E-state index contributed by atoms with van der Waals surface area (Å²) >= 11 is 0. The van der Waals surface area contributed by atoms with Gasteiger partial charge in [0.1, 0.15) is 0 Å². The van der Waals surface area contributed by atoms with Gasteiger partial charge in [-0.1, -0.05) is 6.92 Å². The summed E-state index contributed by atoms with van der Waals surface area (Å²) in [5, 5.41) is 0. The quantitative estimate of drug-likeness (QED) is 0.786. The third-order valence-corrected chi connectivity index (χ3v) is 1.88. The maximum Gasteiger partial charge on any atom is 0.416 e. The number of anilines is 1. The highest BCUT2D eigenvalue weighted by Crippen LogP contribution is 2.29. The number of rotatable bonds is 3. The fourth-order valence-corrected chi connectivity index (χ4v) is 0.973. The predicted molar refractivity (Wildman–Crippen MR) is 53.5 cm³/mol. The first kappa shape index (κ1) is 12.4. The highest BCUT2D eigenvalue weighted by molar-refractivity contribution is 5.76. The van der Waals surface area contributed by atoms with Gasteiger partial charge in [0.15, 0.2) is 0 Å². The Kier molecular flexibility index (Phi) is 3.76. The second-order valence-corrected chi connectivity index (χ2v) is 3.10. The first-order valence-electron chi connectivity index (χ1n) is 4.65. The molecule has 0 saturated carbocycles. The molecule has 0 saturated heterocycles. The molecule has 0 radical (unpaired) electrons. The van der Waals surface area contributed by atoms with E-state index in [2.05, 4.69) is 10.9 Å². The monoisotopic (exact) mass is 232 g/mol. The summed E-state index contributed by atoms with van der Waals surface area (Å²) in [5.41, 5.74) is 4.52. The molecule has 0 aliphatic carbocycles. The molecular weight excluding hydrogens is 221 g/mol. The van der Waals surface area contributed by atoms with Crippen LogP contribution >= 0.6 is 0 Å². The third kappa shape index (κ3) is 3.45. The van der Waals surface area contributed by atoms with Crippen LogP contribution in [0.5, 0.6) is 0 Å². The van der Waals surface area contributed by atoms with E-state index in [1.807, 2.05) is 0 Å². The topological polar surface area (TPSA) is 41.1 Å². The number of hydrazine groups is 1. The van der Waals surface area contributed by atoms with E-state index in [1.54, 1.807) is 6.92 Å². The Morgan fingerprint density at radius 1 is 1.25 bits per heavy atom. The van der Waals surface area contributed by atoms with Crippen molar-refractivity contribution < 1.29 is 18.0 Å². The number of alkyl halides is 3. The molecule has 3 nitrogen and oxygen atoms in total. The summed E-state index contributed by atoms with van der Waals surface area (Å²) < 4.78 is 36.6. The van der Waals surface area contributed by atoms with Crippen molar-refractivity contribution in [2.45, 2.75) is 19.5 Å². The van der Waals surface area contributed by atoms with Crippen molar-refractivity contribution in [2.75, 3.05) is 5.43 Å². The fraction of sp³-hybridized carbons (Fsp3) is 0.300. The molecule has 0 bridgehead atoms. The van der Waals surface area contributed by atoms with Crippen LogP contribution in [0.15, 0.2) is 24.3 Å². The average Bonchev–Trinajstić information content (AvgIpc) is 2.25. The number of nitrogens with one attached hydrogen (secondary N) is 2. The van der Waals surface area contributed by atoms with Gasteiger partial charge in [-0.25, -0.2) is 0 Å². The SMILES string of the molecule is CCC(=O)NNc1ccc(C(F)(F)F)cc1. The van der Waals surface area contributed by atoms with Gasteiger partial charge in [0, 0.05) is 6.42 Å². The molecule has 1 aromatic carbocycles. The van der Waals surface area contributed by atoms with E-state index in [-0.39, 0.29) is 5.91 Å². The van der Waals surface area contributed by atoms with Crippen LogP contribution < -0.4 is 10.9 Å². The average molecular weight is 232 g/mol. The lowest BCUT2D eigenvalue weighted by Crippen LogP contribution is -2.28. The maximum absolute atomic E-state index is 12.2. The van der Waals surface area contributed by atoms with E-state index >= 15 is 0 Å². The zero-order chi connectivity index (χ0) is 12.2. The standard InChI is InChI=1S/C10H11F3N2O/c1-2-9(16)15-14-8-5-3-7(4-6-8)10(11,12)13/h3-6,14H,2H2,1H3,(H,15,16). The van der Waals surface area contributed by atoms with Crippen molar-refractivity contribution in [2.24, 2.45) is 0 Å². The van der Waals surface area contributed by atoms with Crippen LogP contribution in [0.2, 0.25) is 0 Å². The lowest BCUT2D eigenvalue weighted by Gasteiger charge is -2.09. The van der Waals surface area contributed by atoms with E-state index in [4.69, 9.17) is 0 Å². The van der Waals surface area contributed by atoms with Gasteiger partial charge in [0.05, 0.1) is 11.3 Å². The molecular formula is C10H11F3N2O. The molecule has 6 heteroatoms. The molecule has 0 atom stereocenters. The lowest BCUT2D eigenvalue weighted by atomic mass is 10.2. The Balaban J connectivity index is 2.62. The fourth-order valence-electron chi connectivity index (χ4n) is 0.973. The molecule has 0 aliphatic rings. The van der Waals surface area contributed by atoms with Gasteiger partial charge in [0.25, 0.3) is 0 Å². The molecule has 88 valence electrons. The van der Waals surface area contributed by atoms with Crippen molar-refractivity contribution in [1.29, 1.82) is 0 Å². The number of carbonyl (C=O) groups is 1. The van der Waals surface area contributed by atoms with Crippen molar-refractivity contribution in [3.63, 3.8) is 0 Å². The van der Waals surface area contributed by atoms with Crippen LogP contribution in [0.1, 0.15) is 18.9 Å². The molecule has 0 unspecified atom stereocenters. The van der Waals surface area contributed by atoms with Crippen LogP contribution in [0.3, 0.4) is 0 Å². The second-order valence-electron chi connectivity index (χ2n) is 3.10. The van der Waals surface area contributed by atoms with Gasteiger partial charge in [-0.3, -0.25) is 15.6 Å². The summed E-state index contributed by atoms with van der Waals surface area (Å²) in [4.78, 5) is 10.9. The number of halogens is 3. The molecule has 0 fully saturated rings. The Morgan fingerprint density at radius 3 is 2.25 bits per heavy atom. The summed E-state index contributed by atoms with van der Waals surface area (Å²) in [6, 6.07) is 4.39. The minimum atomic E-state index is -4.34. The zero-order valence-corrected chi connectivity index (χ0v) is 8.56. The molecule has 1 aromatic rings. The van der Waals surface area contributed by atoms with Gasteiger partial charge in [0.2, 0.25) is 5.91 Å². The molecule has 0 spiro atoms. The summed E-state index contributed by atoms with van der Waals surface area (Å²) in [6.45, 7) is 1.67. The third-order valence-electron chi connectivity index (χ3n) is 1.88. The number of amides is 1. The predicted octanol–water partition coefficient (Wildman–Crippen LogP) is 2.56. The van der Waals surface area contributed by atoms with Crippen molar-refractivity contribution in [1.82, 2.24) is 5.43 Å². The Morgan fingerprint density at radius 2 is 1.81 bits per heavy atom. The molecule has 16 heavy (non-hydrogen) atoms. The van der Waals surface area contributed by atoms with E-state index in [0.717, 1.165) is 12.1 Å². The summed E-state index contributed by atoms with van der Waals surface area (Å²) in [5.74, 6) is -0.236. The van der Waals surface area contributed by atoms with E-state index in [1.165, 1.54) is 12.1 Å². The first-order chi connectivity index (χ1) is 7.43. The van der Waals surface area contributed by atoms with Crippen LogP contribution in [-0.2, 0) is 11.0 Å². The number of hydrogen-bond acceptors (Lipinski definition) is 2. The van der Waals surface area contributed by atoms with Gasteiger partial charge < -0.3 is 0 Å². The maximum atomic E-state index is 12.2. The van der Waals surface area contributed by atoms with E-state index < -0.39 is 11.7 Å². The van der Waals surface area contributed by atoms with Crippen LogP contribution in [0, 0.1) is 0 Å². The highest BCUT2D eigenvalue weighted by atomic mass is 19.4. The largest absolute Gasteiger partial charge is 0.416 e. The summed E-state index contributed by atoms with van der Waals surface area (Å²) in [7, 11) is 0. The van der Waals surface area contributed by atoms with Gasteiger partial charge >= 0.3 is 6.18 Å². The van der Waals surface area contributed by atoms with E-state index in [0.29, 0.717) is 12.1 Å². The minimum absolute atomic E-state index is 0.236. The normalized spacial score (nSPS) is 11.0. The molecule has 2 N–H and O–H groups in total. The Bertz CT molecular complexity index is 359. The Hall–Kier alpha value is -1.72. The van der Waals surface area contributed by atoms with Gasteiger partial charge in [-0.15, -0.1) is 0 Å². The van der Waals surface area contributed by atoms with Crippen molar-refractivity contribution in [3.8, 4) is 0 Å². The van der Waals surface area contributed by atoms with Crippen molar-refractivity contribution >= 4 is 11.6 Å². The molecule has 1 amide bonds. The minimum Gasteiger partial charge on any atom is -0.299 e. The number of hydrogen-bond donors (Lipinski definition) is 2. The number of carbonyl (C=O) groups excluding carboxylic acids is 1. The molecule has 1 rings (SSSR count). The zero-order valence-electron chi connectivity index (χ0n) is 8.56. The molecule has 0 heterocycles. The second kappa shape index (κ2) is 4.87. The Labute approximate surface area is 90.6 Å².